The summed E-state index contributed by atoms with van der Waals surface area (Å²) in [5, 5.41) is 10.9. The highest BCUT2D eigenvalue weighted by Crippen LogP contribution is 2.33. The Morgan fingerprint density at radius 1 is 1.31 bits per heavy atom. The van der Waals surface area contributed by atoms with Gasteiger partial charge in [-0.25, -0.2) is 9.18 Å². The average Bonchev–Trinajstić information content (AvgIpc) is 2.70. The first-order valence-electron chi connectivity index (χ1n) is 4.36. The lowest BCUT2D eigenvalue weighted by Gasteiger charge is -2.03. The lowest BCUT2D eigenvalue weighted by atomic mass is 10.1. The molecule has 0 radical (unpaired) electrons. The molecule has 0 saturated heterocycles. The Balaban J connectivity index is 2.62. The van der Waals surface area contributed by atoms with Crippen LogP contribution in [0.4, 0.5) is 4.39 Å². The number of hydrogen-bond acceptors (Lipinski definition) is 2. The van der Waals surface area contributed by atoms with Crippen LogP contribution in [0.15, 0.2) is 29.6 Å². The molecule has 1 aromatic heterocycles. The fourth-order valence-electron chi connectivity index (χ4n) is 1.39. The summed E-state index contributed by atoms with van der Waals surface area (Å²) in [7, 11) is 0. The van der Waals surface area contributed by atoms with E-state index in [0.717, 1.165) is 11.3 Å². The van der Waals surface area contributed by atoms with Crippen LogP contribution in [0, 0.1) is 5.82 Å². The van der Waals surface area contributed by atoms with E-state index in [9.17, 15) is 9.18 Å². The van der Waals surface area contributed by atoms with Crippen LogP contribution in [0.3, 0.4) is 0 Å². The number of benzene rings is 1. The number of carbonyl (C=O) groups is 1. The SMILES string of the molecule is O=C(O)c1sccc1-c1cc(F)ccc1Cl. The molecule has 0 unspecified atom stereocenters. The molecule has 1 N–H and O–H groups in total. The predicted molar refractivity (Wildman–Crippen MR) is 61.7 cm³/mol. The van der Waals surface area contributed by atoms with Crippen LogP contribution in [0.1, 0.15) is 9.67 Å². The van der Waals surface area contributed by atoms with E-state index in [2.05, 4.69) is 0 Å². The molecule has 0 aliphatic carbocycles. The summed E-state index contributed by atoms with van der Waals surface area (Å²) in [6, 6.07) is 5.50. The van der Waals surface area contributed by atoms with Crippen molar-refractivity contribution in [1.82, 2.24) is 0 Å². The fourth-order valence-corrected chi connectivity index (χ4v) is 2.36. The molecule has 0 saturated carbocycles. The Labute approximate surface area is 99.9 Å². The number of hydrogen-bond donors (Lipinski definition) is 1. The standard InChI is InChI=1S/C11H6ClFO2S/c12-9-2-1-6(13)5-8(9)7-3-4-16-10(7)11(14)15/h1-5H,(H,14,15). The summed E-state index contributed by atoms with van der Waals surface area (Å²) < 4.78 is 13.1. The van der Waals surface area contributed by atoms with Gasteiger partial charge in [0.2, 0.25) is 0 Å². The van der Waals surface area contributed by atoms with E-state index in [1.165, 1.54) is 18.2 Å². The summed E-state index contributed by atoms with van der Waals surface area (Å²) in [5.41, 5.74) is 0.849. The van der Waals surface area contributed by atoms with E-state index >= 15 is 0 Å². The molecule has 2 nitrogen and oxygen atoms in total. The van der Waals surface area contributed by atoms with Crippen molar-refractivity contribution in [2.75, 3.05) is 0 Å². The molecule has 2 aromatic rings. The van der Waals surface area contributed by atoms with Gasteiger partial charge in [0.25, 0.3) is 0 Å². The molecule has 1 heterocycles. The maximum atomic E-state index is 13.1. The molecule has 5 heteroatoms. The molecule has 0 fully saturated rings. The Bertz CT molecular complexity index is 551. The van der Waals surface area contributed by atoms with E-state index in [-0.39, 0.29) is 4.88 Å². The number of aromatic carboxylic acids is 1. The summed E-state index contributed by atoms with van der Waals surface area (Å²) in [5.74, 6) is -1.48. The lowest BCUT2D eigenvalue weighted by Crippen LogP contribution is -1.95. The maximum absolute atomic E-state index is 13.1. The fraction of sp³-hybridized carbons (Fsp3) is 0. The van der Waals surface area contributed by atoms with Crippen LogP contribution < -0.4 is 0 Å². The molecule has 0 spiro atoms. The van der Waals surface area contributed by atoms with Gasteiger partial charge in [-0.05, 0) is 29.6 Å². The second kappa shape index (κ2) is 4.23. The minimum Gasteiger partial charge on any atom is -0.477 e. The van der Waals surface area contributed by atoms with Gasteiger partial charge >= 0.3 is 5.97 Å². The van der Waals surface area contributed by atoms with Crippen molar-refractivity contribution in [1.29, 1.82) is 0 Å². The average molecular weight is 257 g/mol. The quantitative estimate of drug-likeness (QED) is 0.885. The van der Waals surface area contributed by atoms with Crippen molar-refractivity contribution < 1.29 is 14.3 Å². The van der Waals surface area contributed by atoms with Gasteiger partial charge in [-0.3, -0.25) is 0 Å². The Kier molecular flexibility index (Phi) is 2.94. The van der Waals surface area contributed by atoms with Crippen molar-refractivity contribution in [3.63, 3.8) is 0 Å². The van der Waals surface area contributed by atoms with Gasteiger partial charge in [0.05, 0.1) is 0 Å². The van der Waals surface area contributed by atoms with Crippen molar-refractivity contribution in [2.24, 2.45) is 0 Å². The maximum Gasteiger partial charge on any atom is 0.346 e. The summed E-state index contributed by atoms with van der Waals surface area (Å²) in [4.78, 5) is 11.1. The van der Waals surface area contributed by atoms with Crippen LogP contribution in [0.2, 0.25) is 5.02 Å². The third-order valence-electron chi connectivity index (χ3n) is 2.08. The number of carboxylic acids is 1. The molecule has 0 aliphatic rings. The predicted octanol–water partition coefficient (Wildman–Crippen LogP) is 3.91. The van der Waals surface area contributed by atoms with E-state index in [1.807, 2.05) is 0 Å². The monoisotopic (exact) mass is 256 g/mol. The summed E-state index contributed by atoms with van der Waals surface area (Å²) in [6.45, 7) is 0. The Morgan fingerprint density at radius 2 is 2.06 bits per heavy atom. The van der Waals surface area contributed by atoms with Crippen LogP contribution in [-0.2, 0) is 0 Å². The molecule has 2 rings (SSSR count). The topological polar surface area (TPSA) is 37.3 Å². The van der Waals surface area contributed by atoms with Gasteiger partial charge in [-0.2, -0.15) is 0 Å². The first kappa shape index (κ1) is 11.1. The van der Waals surface area contributed by atoms with E-state index < -0.39 is 11.8 Å². The highest BCUT2D eigenvalue weighted by molar-refractivity contribution is 7.12. The van der Waals surface area contributed by atoms with Gasteiger partial charge in [0.15, 0.2) is 0 Å². The third kappa shape index (κ3) is 1.94. The van der Waals surface area contributed by atoms with E-state index in [1.54, 1.807) is 11.4 Å². The summed E-state index contributed by atoms with van der Waals surface area (Å²) >= 11 is 7.00. The van der Waals surface area contributed by atoms with Crippen molar-refractivity contribution in [3.8, 4) is 11.1 Å². The number of rotatable bonds is 2. The van der Waals surface area contributed by atoms with Crippen LogP contribution in [0.5, 0.6) is 0 Å². The van der Waals surface area contributed by atoms with Crippen molar-refractivity contribution in [3.05, 3.63) is 45.4 Å². The lowest BCUT2D eigenvalue weighted by molar-refractivity contribution is 0.0703. The molecule has 0 bridgehead atoms. The minimum absolute atomic E-state index is 0.160. The molecule has 1 aromatic carbocycles. The smallest absolute Gasteiger partial charge is 0.346 e. The molecular formula is C11H6ClFO2S. The zero-order valence-corrected chi connectivity index (χ0v) is 9.48. The highest BCUT2D eigenvalue weighted by Gasteiger charge is 2.15. The largest absolute Gasteiger partial charge is 0.477 e. The summed E-state index contributed by atoms with van der Waals surface area (Å²) in [6.07, 6.45) is 0. The van der Waals surface area contributed by atoms with Gasteiger partial charge in [-0.1, -0.05) is 11.6 Å². The normalized spacial score (nSPS) is 10.4. The first-order valence-corrected chi connectivity index (χ1v) is 5.61. The van der Waals surface area contributed by atoms with E-state index in [0.29, 0.717) is 16.1 Å². The molecule has 82 valence electrons. The zero-order valence-electron chi connectivity index (χ0n) is 7.91. The van der Waals surface area contributed by atoms with E-state index in [4.69, 9.17) is 16.7 Å². The second-order valence-electron chi connectivity index (χ2n) is 3.09. The number of carboxylic acid groups (broad SMARTS) is 1. The number of thiophene rings is 1. The minimum atomic E-state index is -1.04. The van der Waals surface area contributed by atoms with Gasteiger partial charge < -0.3 is 5.11 Å². The van der Waals surface area contributed by atoms with Gasteiger partial charge in [0.1, 0.15) is 10.7 Å². The Morgan fingerprint density at radius 3 is 2.75 bits per heavy atom. The molecule has 0 aliphatic heterocycles. The molecule has 16 heavy (non-hydrogen) atoms. The molecule has 0 amide bonds. The van der Waals surface area contributed by atoms with Gasteiger partial charge in [-0.15, -0.1) is 11.3 Å². The number of halogens is 2. The third-order valence-corrected chi connectivity index (χ3v) is 3.31. The van der Waals surface area contributed by atoms with Crippen LogP contribution >= 0.6 is 22.9 Å². The van der Waals surface area contributed by atoms with Crippen LogP contribution in [0.25, 0.3) is 11.1 Å². The van der Waals surface area contributed by atoms with Gasteiger partial charge in [0, 0.05) is 16.1 Å². The zero-order chi connectivity index (χ0) is 11.7. The van der Waals surface area contributed by atoms with Crippen molar-refractivity contribution >= 4 is 28.9 Å². The molecular weight excluding hydrogens is 251 g/mol. The molecule has 0 atom stereocenters. The Hall–Kier alpha value is -1.39. The first-order chi connectivity index (χ1) is 7.59. The van der Waals surface area contributed by atoms with Crippen LogP contribution in [-0.4, -0.2) is 11.1 Å². The second-order valence-corrected chi connectivity index (χ2v) is 4.42. The highest BCUT2D eigenvalue weighted by atomic mass is 35.5. The van der Waals surface area contributed by atoms with Crippen molar-refractivity contribution in [2.45, 2.75) is 0 Å².